The third kappa shape index (κ3) is 6.55. The normalized spacial score (nSPS) is 33.4. The number of carbonyl (C=O) groups excluding carboxylic acids is 1. The summed E-state index contributed by atoms with van der Waals surface area (Å²) in [6, 6.07) is 10.4. The molecule has 3 aliphatic heterocycles. The van der Waals surface area contributed by atoms with Gasteiger partial charge >= 0.3 is 0 Å². The average molecular weight is 586 g/mol. The second-order valence-electron chi connectivity index (χ2n) is 10.4. The fraction of sp³-hybridized carbons (Fsp3) is 0.412. The van der Waals surface area contributed by atoms with Crippen molar-refractivity contribution in [1.29, 1.82) is 0 Å². The van der Waals surface area contributed by atoms with Gasteiger partial charge in [0.25, 0.3) is 5.91 Å². The summed E-state index contributed by atoms with van der Waals surface area (Å²) in [7, 11) is 0.936. The number of fused-ring (bicyclic) bond motifs is 1. The monoisotopic (exact) mass is 585 g/mol. The lowest BCUT2D eigenvalue weighted by Gasteiger charge is -2.34. The number of halogens is 2. The number of anilines is 1. The number of ether oxygens (including phenoxy) is 1. The van der Waals surface area contributed by atoms with Crippen molar-refractivity contribution in [1.82, 2.24) is 10.2 Å². The number of carbonyl (C=O) groups is 1. The summed E-state index contributed by atoms with van der Waals surface area (Å²) in [6.45, 7) is -13.2. The van der Waals surface area contributed by atoms with Crippen LogP contribution in [-0.4, -0.2) is 62.3 Å². The summed E-state index contributed by atoms with van der Waals surface area (Å²) < 4.78 is 144. The molecule has 1 amide bonds. The largest absolute Gasteiger partial charge is 0.378 e. The molecule has 0 aromatic heterocycles. The zero-order valence-corrected chi connectivity index (χ0v) is 23.0. The summed E-state index contributed by atoms with van der Waals surface area (Å²) in [4.78, 5) is 19.2. The summed E-state index contributed by atoms with van der Waals surface area (Å²) in [5, 5.41) is 2.71. The third-order valence-corrected chi connectivity index (χ3v) is 7.11. The average Bonchev–Trinajstić information content (AvgIpc) is 3.43. The van der Waals surface area contributed by atoms with Gasteiger partial charge in [-0.05, 0) is 104 Å². The Morgan fingerprint density at radius 3 is 2.64 bits per heavy atom. The lowest BCUT2D eigenvalue weighted by molar-refractivity contribution is 0.00282. The Balaban J connectivity index is 1.39. The number of amidine groups is 1. The molecule has 42 heavy (non-hydrogen) atoms. The van der Waals surface area contributed by atoms with Gasteiger partial charge < -0.3 is 19.9 Å². The molecule has 2 atom stereocenters. The first kappa shape index (κ1) is 16.9. The van der Waals surface area contributed by atoms with Crippen LogP contribution in [0.3, 0.4) is 0 Å². The Labute approximate surface area is 264 Å². The van der Waals surface area contributed by atoms with Crippen LogP contribution < -0.4 is 10.2 Å². The maximum Gasteiger partial charge on any atom is 0.257 e. The minimum absolute atomic E-state index is 0.0130. The molecule has 0 bridgehead atoms. The van der Waals surface area contributed by atoms with Crippen LogP contribution in [0.1, 0.15) is 75.8 Å². The number of hydrogen-bond acceptors (Lipinski definition) is 5. The second-order valence-corrected chi connectivity index (χ2v) is 10.4. The Morgan fingerprint density at radius 1 is 1.10 bits per heavy atom. The second kappa shape index (κ2) is 12.3. The number of hydrogen-bond donors (Lipinski definition) is 1. The van der Waals surface area contributed by atoms with Gasteiger partial charge in [-0.1, -0.05) is 12.1 Å². The zero-order chi connectivity index (χ0) is 40.9. The van der Waals surface area contributed by atoms with Gasteiger partial charge in [0, 0.05) is 63.7 Å². The smallest absolute Gasteiger partial charge is 0.257 e. The van der Waals surface area contributed by atoms with Gasteiger partial charge in [-0.25, -0.2) is 8.78 Å². The summed E-state index contributed by atoms with van der Waals surface area (Å²) >= 11 is 0. The highest BCUT2D eigenvalue weighted by Gasteiger charge is 2.25. The molecule has 0 aliphatic carbocycles. The van der Waals surface area contributed by atoms with Crippen LogP contribution in [0.15, 0.2) is 59.6 Å². The molecule has 3 aliphatic rings. The van der Waals surface area contributed by atoms with Crippen molar-refractivity contribution in [2.24, 2.45) is 10.9 Å². The van der Waals surface area contributed by atoms with Gasteiger partial charge in [-0.15, -0.1) is 0 Å². The van der Waals surface area contributed by atoms with Crippen molar-refractivity contribution in [2.75, 3.05) is 44.5 Å². The fourth-order valence-corrected chi connectivity index (χ4v) is 5.14. The fourth-order valence-electron chi connectivity index (χ4n) is 5.14. The van der Waals surface area contributed by atoms with Crippen LogP contribution in [0.4, 0.5) is 14.5 Å². The van der Waals surface area contributed by atoms with Crippen molar-refractivity contribution in [3.8, 4) is 0 Å². The van der Waals surface area contributed by atoms with Crippen LogP contribution in [0.5, 0.6) is 0 Å². The molecule has 6 nitrogen and oxygen atoms in total. The summed E-state index contributed by atoms with van der Waals surface area (Å²) in [5.41, 5.74) is 0.447. The van der Waals surface area contributed by atoms with E-state index in [9.17, 15) is 13.6 Å². The van der Waals surface area contributed by atoms with E-state index in [1.807, 2.05) is 0 Å². The highest BCUT2D eigenvalue weighted by Crippen LogP contribution is 2.29. The number of nitrogens with one attached hydrogen (secondary N) is 1. The van der Waals surface area contributed by atoms with E-state index in [4.69, 9.17) is 22.6 Å². The molecule has 0 radical (unpaired) electrons. The van der Waals surface area contributed by atoms with Gasteiger partial charge in [-0.3, -0.25) is 9.79 Å². The van der Waals surface area contributed by atoms with E-state index in [2.05, 4.69) is 10.3 Å². The predicted octanol–water partition coefficient (Wildman–Crippen LogP) is 5.36. The van der Waals surface area contributed by atoms with E-state index in [0.29, 0.717) is 27.0 Å². The van der Waals surface area contributed by atoms with E-state index < -0.39 is 68.5 Å². The van der Waals surface area contributed by atoms with Gasteiger partial charge in [-0.2, -0.15) is 0 Å². The number of benzene rings is 3. The molecule has 0 spiro atoms. The Morgan fingerprint density at radius 2 is 1.88 bits per heavy atom. The molecule has 1 N–H and O–H groups in total. The van der Waals surface area contributed by atoms with E-state index in [0.717, 1.165) is 25.2 Å². The molecule has 6 rings (SSSR count). The molecule has 3 aromatic rings. The van der Waals surface area contributed by atoms with E-state index >= 15 is 0 Å². The minimum atomic E-state index is -3.17. The summed E-state index contributed by atoms with van der Waals surface area (Å²) in [6.07, 6.45) is -4.31. The van der Waals surface area contributed by atoms with Crippen LogP contribution >= 0.6 is 0 Å². The van der Waals surface area contributed by atoms with Gasteiger partial charge in [0.05, 0.1) is 22.2 Å². The first-order chi connectivity index (χ1) is 25.1. The van der Waals surface area contributed by atoms with Crippen molar-refractivity contribution >= 4 is 17.4 Å². The molecule has 220 valence electrons. The SMILES string of the molecule is [2H]C1([2H])CC(Cc2cc(N3C([2H])([2H])C([2H])([2H])N(C)C([2H])([2H])C3([2H])[2H])ccc2C(=O)NC2=NCc3ccc(C([2H])([2H])c4cc(F)cc(F)c4)cc32)CC([2H])(C)O1. The van der Waals surface area contributed by atoms with Gasteiger partial charge in [0.1, 0.15) is 17.5 Å². The minimum Gasteiger partial charge on any atom is -0.378 e. The maximum absolute atomic E-state index is 14.1. The lowest BCUT2D eigenvalue weighted by atomic mass is 9.87. The van der Waals surface area contributed by atoms with Crippen molar-refractivity contribution in [3.63, 3.8) is 0 Å². The van der Waals surface area contributed by atoms with Crippen molar-refractivity contribution in [2.45, 2.75) is 45.2 Å². The Bertz CT molecular complexity index is 2020. The van der Waals surface area contributed by atoms with Gasteiger partial charge in [0.15, 0.2) is 0 Å². The molecule has 2 fully saturated rings. The molecule has 0 saturated carbocycles. The Hall–Kier alpha value is -3.62. The maximum atomic E-state index is 14.1. The van der Waals surface area contributed by atoms with E-state index in [1.165, 1.54) is 31.2 Å². The molecule has 3 aromatic carbocycles. The molecule has 8 heteroatoms. The lowest BCUT2D eigenvalue weighted by Crippen LogP contribution is -2.44. The zero-order valence-electron chi connectivity index (χ0n) is 36.0. The van der Waals surface area contributed by atoms with Crippen molar-refractivity contribution < 1.29 is 36.1 Å². The highest BCUT2D eigenvalue weighted by molar-refractivity contribution is 6.14. The van der Waals surface area contributed by atoms with Crippen LogP contribution in [0, 0.1) is 17.6 Å². The first-order valence-corrected chi connectivity index (χ1v) is 13.4. The summed E-state index contributed by atoms with van der Waals surface area (Å²) in [5.74, 6) is -3.29. The third-order valence-electron chi connectivity index (χ3n) is 7.11. The van der Waals surface area contributed by atoms with Crippen LogP contribution in [-0.2, 0) is 24.1 Å². The molecule has 2 unspecified atom stereocenters. The number of rotatable bonds is 6. The molecular formula is C34H38F2N4O2. The molecule has 3 heterocycles. The van der Waals surface area contributed by atoms with E-state index in [-0.39, 0.29) is 59.6 Å². The van der Waals surface area contributed by atoms with Gasteiger partial charge in [0.2, 0.25) is 0 Å². The number of piperazine rings is 1. The van der Waals surface area contributed by atoms with E-state index in [1.54, 1.807) is 6.07 Å². The standard InChI is InChI=1S/C34H38F2N4O2/c1-22-13-24(7-12-42-22)15-27-19-30(40-10-8-39(2)9-11-40)5-6-31(27)34(41)38-33-32-18-23(3-4-26(32)21-37-33)14-25-16-28(35)20-29(36)17-25/h3-6,16-20,22,24H,7-15,21H2,1-2H3,(H,37,38,41)/i8D2,9D2,10D2,11D2,12D2,14D2,22D. The van der Waals surface area contributed by atoms with Crippen LogP contribution in [0.2, 0.25) is 0 Å². The number of likely N-dealkylation sites (N-methyl/N-ethyl adjacent to an activating group) is 1. The predicted molar refractivity (Wildman–Crippen MR) is 161 cm³/mol. The highest BCUT2D eigenvalue weighted by atomic mass is 19.1. The number of amides is 1. The number of aliphatic imine (C=N–C) groups is 1. The molecular weight excluding hydrogens is 534 g/mol. The topological polar surface area (TPSA) is 57.2 Å². The molecule has 2 saturated heterocycles. The Kier molecular flexibility index (Phi) is 4.95. The van der Waals surface area contributed by atoms with Crippen molar-refractivity contribution in [3.05, 3.63) is 99.6 Å². The number of nitrogens with zero attached hydrogens (tertiary/aromatic N) is 3. The first-order valence-electron chi connectivity index (χ1n) is 19.9. The van der Waals surface area contributed by atoms with Crippen LogP contribution in [0.25, 0.3) is 0 Å². The quantitative estimate of drug-likeness (QED) is 0.424.